The van der Waals surface area contributed by atoms with E-state index in [-0.39, 0.29) is 5.91 Å². The molecule has 5 heteroatoms. The highest BCUT2D eigenvalue weighted by Crippen LogP contribution is 2.27. The molecule has 1 heterocycles. The Bertz CT molecular complexity index is 319. The first-order valence-corrected chi connectivity index (χ1v) is 7.10. The molecule has 0 aromatic heterocycles. The van der Waals surface area contributed by atoms with Crippen LogP contribution in [-0.4, -0.2) is 49.7 Å². The third-order valence-corrected chi connectivity index (χ3v) is 3.68. The van der Waals surface area contributed by atoms with Crippen LogP contribution in [0.1, 0.15) is 39.0 Å². The van der Waals surface area contributed by atoms with E-state index in [1.54, 1.807) is 12.0 Å². The predicted molar refractivity (Wildman–Crippen MR) is 73.6 cm³/mol. The van der Waals surface area contributed by atoms with Crippen molar-refractivity contribution in [1.82, 2.24) is 10.2 Å². The summed E-state index contributed by atoms with van der Waals surface area (Å²) in [5.74, 6) is 0.138. The minimum atomic E-state index is -0.405. The Kier molecular flexibility index (Phi) is 6.82. The van der Waals surface area contributed by atoms with Crippen molar-refractivity contribution in [3.05, 3.63) is 0 Å². The van der Waals surface area contributed by atoms with Gasteiger partial charge >= 0.3 is 0 Å². The van der Waals surface area contributed by atoms with Gasteiger partial charge in [-0.3, -0.25) is 4.79 Å². The normalized spacial score (nSPS) is 22.2. The molecule has 0 saturated carbocycles. The van der Waals surface area contributed by atoms with Crippen molar-refractivity contribution in [2.45, 2.75) is 44.6 Å². The monoisotopic (exact) mass is 267 g/mol. The van der Waals surface area contributed by atoms with Crippen molar-refractivity contribution < 1.29 is 9.53 Å². The second-order valence-electron chi connectivity index (χ2n) is 5.06. The summed E-state index contributed by atoms with van der Waals surface area (Å²) >= 11 is 0. The molecule has 108 valence electrons. The van der Waals surface area contributed by atoms with E-state index in [1.165, 1.54) is 0 Å². The lowest BCUT2D eigenvalue weighted by Gasteiger charge is -2.34. The van der Waals surface area contributed by atoms with Gasteiger partial charge in [0.25, 0.3) is 0 Å². The minimum Gasteiger partial charge on any atom is -0.383 e. The number of nitrogens with zero attached hydrogens (tertiary/aromatic N) is 2. The predicted octanol–water partition coefficient (Wildman–Crippen LogP) is 1.30. The molecule has 0 bridgehead atoms. The van der Waals surface area contributed by atoms with Crippen LogP contribution in [0.2, 0.25) is 0 Å². The number of rotatable bonds is 8. The molecule has 0 aliphatic carbocycles. The second kappa shape index (κ2) is 8.13. The SMILES string of the molecule is CCCC1(C(=O)N(CCC#N)CCOC)CCCN1. The Morgan fingerprint density at radius 2 is 2.32 bits per heavy atom. The summed E-state index contributed by atoms with van der Waals surface area (Å²) in [6.45, 7) is 4.57. The zero-order chi connectivity index (χ0) is 14.1. The Morgan fingerprint density at radius 1 is 1.53 bits per heavy atom. The summed E-state index contributed by atoms with van der Waals surface area (Å²) in [6.07, 6.45) is 4.16. The number of ether oxygens (including phenoxy) is 1. The molecule has 1 atom stereocenters. The van der Waals surface area contributed by atoms with Crippen LogP contribution < -0.4 is 5.32 Å². The number of hydrogen-bond acceptors (Lipinski definition) is 4. The first kappa shape index (κ1) is 15.9. The van der Waals surface area contributed by atoms with Gasteiger partial charge in [-0.2, -0.15) is 5.26 Å². The maximum absolute atomic E-state index is 12.8. The van der Waals surface area contributed by atoms with E-state index in [0.29, 0.717) is 26.1 Å². The highest BCUT2D eigenvalue weighted by Gasteiger charge is 2.42. The zero-order valence-electron chi connectivity index (χ0n) is 12.1. The van der Waals surface area contributed by atoms with E-state index in [2.05, 4.69) is 18.3 Å². The van der Waals surface area contributed by atoms with Crippen molar-refractivity contribution in [2.75, 3.05) is 33.4 Å². The molecular weight excluding hydrogens is 242 g/mol. The smallest absolute Gasteiger partial charge is 0.242 e. The molecule has 1 N–H and O–H groups in total. The van der Waals surface area contributed by atoms with Gasteiger partial charge in [0.15, 0.2) is 0 Å². The lowest BCUT2D eigenvalue weighted by Crippen LogP contribution is -2.55. The fourth-order valence-corrected chi connectivity index (χ4v) is 2.74. The Labute approximate surface area is 115 Å². The second-order valence-corrected chi connectivity index (χ2v) is 5.06. The van der Waals surface area contributed by atoms with Crippen LogP contribution in [0.5, 0.6) is 0 Å². The Balaban J connectivity index is 2.74. The molecule has 1 amide bonds. The number of methoxy groups -OCH3 is 1. The topological polar surface area (TPSA) is 65.4 Å². The molecule has 5 nitrogen and oxygen atoms in total. The number of nitriles is 1. The quantitative estimate of drug-likeness (QED) is 0.720. The maximum Gasteiger partial charge on any atom is 0.242 e. The van der Waals surface area contributed by atoms with Gasteiger partial charge in [-0.25, -0.2) is 0 Å². The van der Waals surface area contributed by atoms with Gasteiger partial charge in [0.1, 0.15) is 0 Å². The maximum atomic E-state index is 12.8. The molecule has 19 heavy (non-hydrogen) atoms. The van der Waals surface area contributed by atoms with E-state index in [4.69, 9.17) is 10.00 Å². The molecular formula is C14H25N3O2. The molecule has 1 aliphatic heterocycles. The van der Waals surface area contributed by atoms with Crippen molar-refractivity contribution in [3.8, 4) is 6.07 Å². The molecule has 1 aliphatic rings. The molecule has 1 rings (SSSR count). The summed E-state index contributed by atoms with van der Waals surface area (Å²) in [5, 5.41) is 12.1. The molecule has 1 saturated heterocycles. The number of nitrogens with one attached hydrogen (secondary N) is 1. The van der Waals surface area contributed by atoms with Crippen LogP contribution in [0, 0.1) is 11.3 Å². The van der Waals surface area contributed by atoms with Crippen LogP contribution in [0.4, 0.5) is 0 Å². The summed E-state index contributed by atoms with van der Waals surface area (Å²) in [4.78, 5) is 14.5. The van der Waals surface area contributed by atoms with Crippen LogP contribution in [0.3, 0.4) is 0 Å². The number of hydrogen-bond donors (Lipinski definition) is 1. The number of amides is 1. The van der Waals surface area contributed by atoms with E-state index >= 15 is 0 Å². The van der Waals surface area contributed by atoms with Crippen LogP contribution in [0.25, 0.3) is 0 Å². The number of carbonyl (C=O) groups is 1. The fourth-order valence-electron chi connectivity index (χ4n) is 2.74. The third-order valence-electron chi connectivity index (χ3n) is 3.68. The zero-order valence-corrected chi connectivity index (χ0v) is 12.1. The van der Waals surface area contributed by atoms with Gasteiger partial charge < -0.3 is 15.0 Å². The van der Waals surface area contributed by atoms with Crippen LogP contribution >= 0.6 is 0 Å². The van der Waals surface area contributed by atoms with Crippen molar-refractivity contribution in [2.24, 2.45) is 0 Å². The van der Waals surface area contributed by atoms with Gasteiger partial charge in [0, 0.05) is 20.2 Å². The van der Waals surface area contributed by atoms with E-state index in [0.717, 1.165) is 32.2 Å². The molecule has 0 aromatic carbocycles. The van der Waals surface area contributed by atoms with Gasteiger partial charge in [-0.1, -0.05) is 13.3 Å². The average Bonchev–Trinajstić information content (AvgIpc) is 2.88. The van der Waals surface area contributed by atoms with E-state index in [9.17, 15) is 4.79 Å². The molecule has 1 unspecified atom stereocenters. The van der Waals surface area contributed by atoms with Crippen molar-refractivity contribution in [1.29, 1.82) is 5.26 Å². The third kappa shape index (κ3) is 4.19. The van der Waals surface area contributed by atoms with Gasteiger partial charge in [0.2, 0.25) is 5.91 Å². The highest BCUT2D eigenvalue weighted by atomic mass is 16.5. The first-order chi connectivity index (χ1) is 9.20. The molecule has 1 fully saturated rings. The van der Waals surface area contributed by atoms with Gasteiger partial charge in [-0.15, -0.1) is 0 Å². The lowest BCUT2D eigenvalue weighted by molar-refractivity contribution is -0.138. The van der Waals surface area contributed by atoms with Gasteiger partial charge in [-0.05, 0) is 25.8 Å². The average molecular weight is 267 g/mol. The standard InChI is InChI=1S/C14H25N3O2/c1-3-6-14(7-4-9-16-14)13(18)17(10-5-8-15)11-12-19-2/h16H,3-7,9-12H2,1-2H3. The largest absolute Gasteiger partial charge is 0.383 e. The molecule has 0 spiro atoms. The van der Waals surface area contributed by atoms with Crippen LogP contribution in [-0.2, 0) is 9.53 Å². The van der Waals surface area contributed by atoms with E-state index < -0.39 is 5.54 Å². The van der Waals surface area contributed by atoms with E-state index in [1.807, 2.05) is 0 Å². The lowest BCUT2D eigenvalue weighted by atomic mass is 9.90. The minimum absolute atomic E-state index is 0.138. The number of carbonyl (C=O) groups excluding carboxylic acids is 1. The summed E-state index contributed by atoms with van der Waals surface area (Å²) in [7, 11) is 1.63. The first-order valence-electron chi connectivity index (χ1n) is 7.10. The summed E-state index contributed by atoms with van der Waals surface area (Å²) < 4.78 is 5.06. The molecule has 0 radical (unpaired) electrons. The van der Waals surface area contributed by atoms with Gasteiger partial charge in [0.05, 0.1) is 24.6 Å². The van der Waals surface area contributed by atoms with Crippen LogP contribution in [0.15, 0.2) is 0 Å². The summed E-state index contributed by atoms with van der Waals surface area (Å²) in [6, 6.07) is 2.11. The Morgan fingerprint density at radius 3 is 2.84 bits per heavy atom. The Hall–Kier alpha value is -1.12. The molecule has 0 aromatic rings. The highest BCUT2D eigenvalue weighted by molar-refractivity contribution is 5.86. The fraction of sp³-hybridized carbons (Fsp3) is 0.857. The van der Waals surface area contributed by atoms with Crippen molar-refractivity contribution in [3.63, 3.8) is 0 Å². The summed E-state index contributed by atoms with van der Waals surface area (Å²) in [5.41, 5.74) is -0.405. The van der Waals surface area contributed by atoms with Crippen molar-refractivity contribution >= 4 is 5.91 Å².